The van der Waals surface area contributed by atoms with Crippen molar-refractivity contribution in [1.29, 1.82) is 0 Å². The van der Waals surface area contributed by atoms with Crippen molar-refractivity contribution in [3.63, 3.8) is 0 Å². The third-order valence-electron chi connectivity index (χ3n) is 4.10. The molecular formula is C22H24FNO4. The van der Waals surface area contributed by atoms with Crippen molar-refractivity contribution in [3.8, 4) is 23.8 Å². The number of terminal acetylenes is 1. The molecule has 28 heavy (non-hydrogen) atoms. The summed E-state index contributed by atoms with van der Waals surface area (Å²) >= 11 is 0. The summed E-state index contributed by atoms with van der Waals surface area (Å²) in [7, 11) is 1.49. The van der Waals surface area contributed by atoms with Crippen LogP contribution in [-0.4, -0.2) is 48.7 Å². The molecule has 0 aromatic heterocycles. The first-order chi connectivity index (χ1) is 13.4. The molecule has 148 valence electrons. The highest BCUT2D eigenvalue weighted by atomic mass is 19.1. The molecule has 0 aliphatic carbocycles. The molecule has 0 spiro atoms. The molecule has 0 bridgehead atoms. The van der Waals surface area contributed by atoms with E-state index >= 15 is 0 Å². The molecule has 2 rings (SSSR count). The first-order valence-corrected chi connectivity index (χ1v) is 8.83. The zero-order chi connectivity index (χ0) is 20.5. The molecule has 0 heterocycles. The number of carbonyl (C=O) groups excluding carboxylic acids is 1. The van der Waals surface area contributed by atoms with Crippen molar-refractivity contribution in [1.82, 2.24) is 4.90 Å². The number of methoxy groups -OCH3 is 1. The lowest BCUT2D eigenvalue weighted by Gasteiger charge is -2.23. The molecule has 0 amide bonds. The number of nitrogens with zero attached hydrogens (tertiary/aromatic N) is 1. The Bertz CT molecular complexity index is 829. The molecule has 1 atom stereocenters. The van der Waals surface area contributed by atoms with Gasteiger partial charge in [0.1, 0.15) is 18.5 Å². The van der Waals surface area contributed by atoms with E-state index in [1.807, 2.05) is 4.90 Å². The number of halogens is 1. The van der Waals surface area contributed by atoms with Crippen LogP contribution in [-0.2, 0) is 6.54 Å². The lowest BCUT2D eigenvalue weighted by Crippen LogP contribution is -2.35. The van der Waals surface area contributed by atoms with Gasteiger partial charge in [-0.1, -0.05) is 18.1 Å². The number of aliphatic hydroxyl groups is 1. The Morgan fingerprint density at radius 2 is 1.96 bits per heavy atom. The second kappa shape index (κ2) is 10.5. The van der Waals surface area contributed by atoms with Crippen molar-refractivity contribution in [2.75, 3.05) is 26.8 Å². The fraction of sp³-hybridized carbons (Fsp3) is 0.318. The number of aliphatic hydroxyl groups excluding tert-OH is 1. The van der Waals surface area contributed by atoms with Gasteiger partial charge in [-0.3, -0.25) is 9.69 Å². The molecule has 0 saturated heterocycles. The molecule has 1 unspecified atom stereocenters. The highest BCUT2D eigenvalue weighted by molar-refractivity contribution is 5.94. The highest BCUT2D eigenvalue weighted by Gasteiger charge is 2.15. The van der Waals surface area contributed by atoms with Gasteiger partial charge in [-0.25, -0.2) is 4.39 Å². The standard InChI is InChI=1S/C22H24FNO4/c1-4-11-24(13-17-5-8-19(23)9-6-17)14-20(26)15-28-21-10-7-18(16(2)25)12-22(21)27-3/h1,5-10,12,20,26H,11,13-15H2,2-3H3. The van der Waals surface area contributed by atoms with Crippen LogP contribution in [0.3, 0.4) is 0 Å². The summed E-state index contributed by atoms with van der Waals surface area (Å²) in [6, 6.07) is 11.0. The minimum absolute atomic E-state index is 0.0280. The molecule has 5 nitrogen and oxygen atoms in total. The number of rotatable bonds is 10. The number of ether oxygens (including phenoxy) is 2. The van der Waals surface area contributed by atoms with Gasteiger partial charge in [0.05, 0.1) is 13.7 Å². The van der Waals surface area contributed by atoms with Crippen LogP contribution in [0.2, 0.25) is 0 Å². The molecule has 0 fully saturated rings. The van der Waals surface area contributed by atoms with Crippen LogP contribution in [0.15, 0.2) is 42.5 Å². The summed E-state index contributed by atoms with van der Waals surface area (Å²) in [5.41, 5.74) is 1.41. The van der Waals surface area contributed by atoms with Crippen molar-refractivity contribution < 1.29 is 23.8 Å². The third kappa shape index (κ3) is 6.38. The number of ketones is 1. The predicted molar refractivity (Wildman–Crippen MR) is 105 cm³/mol. The maximum absolute atomic E-state index is 13.0. The minimum Gasteiger partial charge on any atom is -0.493 e. The monoisotopic (exact) mass is 385 g/mol. The van der Waals surface area contributed by atoms with Crippen LogP contribution in [0.4, 0.5) is 4.39 Å². The molecule has 2 aromatic carbocycles. The summed E-state index contributed by atoms with van der Waals surface area (Å²) in [4.78, 5) is 13.3. The highest BCUT2D eigenvalue weighted by Crippen LogP contribution is 2.28. The number of Topliss-reactive ketones (excluding diaryl/α,β-unsaturated/α-hetero) is 1. The molecule has 0 aliphatic heterocycles. The third-order valence-corrected chi connectivity index (χ3v) is 4.10. The van der Waals surface area contributed by atoms with E-state index in [2.05, 4.69) is 5.92 Å². The topological polar surface area (TPSA) is 59.0 Å². The lowest BCUT2D eigenvalue weighted by molar-refractivity contribution is 0.0692. The second-order valence-corrected chi connectivity index (χ2v) is 6.39. The van der Waals surface area contributed by atoms with E-state index in [0.29, 0.717) is 30.2 Å². The Morgan fingerprint density at radius 1 is 1.25 bits per heavy atom. The van der Waals surface area contributed by atoms with E-state index in [9.17, 15) is 14.3 Å². The summed E-state index contributed by atoms with van der Waals surface area (Å²) in [6.45, 7) is 2.61. The van der Waals surface area contributed by atoms with Gasteiger partial charge in [-0.15, -0.1) is 6.42 Å². The summed E-state index contributed by atoms with van der Waals surface area (Å²) in [6.07, 6.45) is 4.62. The van der Waals surface area contributed by atoms with Crippen LogP contribution in [0, 0.1) is 18.2 Å². The van der Waals surface area contributed by atoms with E-state index in [0.717, 1.165) is 5.56 Å². The molecular weight excluding hydrogens is 361 g/mol. The van der Waals surface area contributed by atoms with Crippen molar-refractivity contribution in [2.24, 2.45) is 0 Å². The molecule has 0 saturated carbocycles. The van der Waals surface area contributed by atoms with E-state index in [1.165, 1.54) is 26.2 Å². The van der Waals surface area contributed by atoms with Gasteiger partial charge in [0, 0.05) is 18.7 Å². The fourth-order valence-corrected chi connectivity index (χ4v) is 2.70. The maximum atomic E-state index is 13.0. The number of hydrogen-bond donors (Lipinski definition) is 1. The van der Waals surface area contributed by atoms with Crippen LogP contribution in [0.25, 0.3) is 0 Å². The van der Waals surface area contributed by atoms with Gasteiger partial charge in [-0.2, -0.15) is 0 Å². The SMILES string of the molecule is C#CCN(Cc1ccc(F)cc1)CC(O)COc1ccc(C(C)=O)cc1OC. The molecule has 0 aliphatic rings. The van der Waals surface area contributed by atoms with Gasteiger partial charge < -0.3 is 14.6 Å². The quantitative estimate of drug-likeness (QED) is 0.503. The van der Waals surface area contributed by atoms with Crippen LogP contribution in [0.5, 0.6) is 11.5 Å². The van der Waals surface area contributed by atoms with E-state index in [4.69, 9.17) is 15.9 Å². The first-order valence-electron chi connectivity index (χ1n) is 8.83. The van der Waals surface area contributed by atoms with Gasteiger partial charge in [0.25, 0.3) is 0 Å². The van der Waals surface area contributed by atoms with E-state index in [-0.39, 0.29) is 24.8 Å². The largest absolute Gasteiger partial charge is 0.493 e. The second-order valence-electron chi connectivity index (χ2n) is 6.39. The number of hydrogen-bond acceptors (Lipinski definition) is 5. The Kier molecular flexibility index (Phi) is 8.00. The van der Waals surface area contributed by atoms with Crippen LogP contribution < -0.4 is 9.47 Å². The fourth-order valence-electron chi connectivity index (χ4n) is 2.70. The van der Waals surface area contributed by atoms with Crippen LogP contribution in [0.1, 0.15) is 22.8 Å². The molecule has 6 heteroatoms. The lowest BCUT2D eigenvalue weighted by atomic mass is 10.1. The molecule has 2 aromatic rings. The maximum Gasteiger partial charge on any atom is 0.161 e. The normalized spacial score (nSPS) is 11.7. The Morgan fingerprint density at radius 3 is 2.57 bits per heavy atom. The predicted octanol–water partition coefficient (Wildman–Crippen LogP) is 2.91. The zero-order valence-electron chi connectivity index (χ0n) is 16.0. The smallest absolute Gasteiger partial charge is 0.161 e. The van der Waals surface area contributed by atoms with Gasteiger partial charge in [0.2, 0.25) is 0 Å². The minimum atomic E-state index is -0.800. The molecule has 1 N–H and O–H groups in total. The van der Waals surface area contributed by atoms with Gasteiger partial charge in [0.15, 0.2) is 17.3 Å². The first kappa shape index (κ1) is 21.4. The Hall–Kier alpha value is -2.88. The van der Waals surface area contributed by atoms with E-state index < -0.39 is 6.10 Å². The average Bonchev–Trinajstić information content (AvgIpc) is 2.68. The summed E-state index contributed by atoms with van der Waals surface area (Å²) < 4.78 is 23.9. The van der Waals surface area contributed by atoms with Crippen molar-refractivity contribution >= 4 is 5.78 Å². The average molecular weight is 385 g/mol. The Balaban J connectivity index is 1.95. The zero-order valence-corrected chi connectivity index (χ0v) is 16.0. The summed E-state index contributed by atoms with van der Waals surface area (Å²) in [5.74, 6) is 3.05. The molecule has 0 radical (unpaired) electrons. The number of carbonyl (C=O) groups is 1. The van der Waals surface area contributed by atoms with Crippen molar-refractivity contribution in [2.45, 2.75) is 19.6 Å². The van der Waals surface area contributed by atoms with Gasteiger partial charge >= 0.3 is 0 Å². The number of benzene rings is 2. The van der Waals surface area contributed by atoms with Gasteiger partial charge in [-0.05, 0) is 42.8 Å². The van der Waals surface area contributed by atoms with E-state index in [1.54, 1.807) is 30.3 Å². The van der Waals surface area contributed by atoms with Crippen molar-refractivity contribution in [3.05, 3.63) is 59.4 Å². The Labute approximate surface area is 164 Å². The van der Waals surface area contributed by atoms with Crippen LogP contribution >= 0.6 is 0 Å². The summed E-state index contributed by atoms with van der Waals surface area (Å²) in [5, 5.41) is 10.3.